The molecule has 0 bridgehead atoms. The molecule has 1 unspecified atom stereocenters. The standard InChI is InChI=1S/C13H25NO/c1-5-11-12(15)9-10-14(8-4)13(11,6-2)7-3/h11H,5-10H2,1-4H3. The lowest BCUT2D eigenvalue weighted by molar-refractivity contribution is -0.135. The van der Waals surface area contributed by atoms with Crippen LogP contribution in [0.4, 0.5) is 0 Å². The topological polar surface area (TPSA) is 20.3 Å². The Hall–Kier alpha value is -0.370. The third kappa shape index (κ3) is 1.96. The van der Waals surface area contributed by atoms with Crippen molar-refractivity contribution in [2.45, 2.75) is 58.9 Å². The van der Waals surface area contributed by atoms with E-state index in [1.807, 2.05) is 0 Å². The van der Waals surface area contributed by atoms with E-state index in [1.165, 1.54) is 0 Å². The molecule has 0 N–H and O–H groups in total. The van der Waals surface area contributed by atoms with Crippen LogP contribution in [-0.4, -0.2) is 29.3 Å². The molecule has 1 heterocycles. The van der Waals surface area contributed by atoms with Crippen LogP contribution >= 0.6 is 0 Å². The van der Waals surface area contributed by atoms with Crippen LogP contribution < -0.4 is 0 Å². The van der Waals surface area contributed by atoms with Crippen LogP contribution in [0.15, 0.2) is 0 Å². The highest BCUT2D eigenvalue weighted by Gasteiger charge is 2.45. The van der Waals surface area contributed by atoms with Crippen molar-refractivity contribution in [1.82, 2.24) is 4.90 Å². The van der Waals surface area contributed by atoms with Gasteiger partial charge in [0.2, 0.25) is 0 Å². The van der Waals surface area contributed by atoms with Crippen molar-refractivity contribution in [2.75, 3.05) is 13.1 Å². The molecule has 0 aliphatic carbocycles. The number of likely N-dealkylation sites (tertiary alicyclic amines) is 1. The predicted molar refractivity (Wildman–Crippen MR) is 64.0 cm³/mol. The Bertz CT molecular complexity index is 221. The van der Waals surface area contributed by atoms with E-state index >= 15 is 0 Å². The summed E-state index contributed by atoms with van der Waals surface area (Å²) in [7, 11) is 0. The van der Waals surface area contributed by atoms with E-state index < -0.39 is 0 Å². The summed E-state index contributed by atoms with van der Waals surface area (Å²) in [4.78, 5) is 14.5. The number of hydrogen-bond donors (Lipinski definition) is 0. The summed E-state index contributed by atoms with van der Waals surface area (Å²) >= 11 is 0. The number of carbonyl (C=O) groups is 1. The van der Waals surface area contributed by atoms with Gasteiger partial charge in [-0.25, -0.2) is 0 Å². The molecule has 0 amide bonds. The molecule has 1 fully saturated rings. The van der Waals surface area contributed by atoms with E-state index in [2.05, 4.69) is 32.6 Å². The number of nitrogens with zero attached hydrogens (tertiary/aromatic N) is 1. The second-order valence-electron chi connectivity index (χ2n) is 4.57. The quantitative estimate of drug-likeness (QED) is 0.712. The highest BCUT2D eigenvalue weighted by molar-refractivity contribution is 5.83. The first-order chi connectivity index (χ1) is 7.16. The fourth-order valence-electron chi connectivity index (χ4n) is 3.43. The van der Waals surface area contributed by atoms with Gasteiger partial charge in [0.15, 0.2) is 0 Å². The zero-order valence-electron chi connectivity index (χ0n) is 10.7. The van der Waals surface area contributed by atoms with Gasteiger partial charge in [-0.15, -0.1) is 0 Å². The molecular formula is C13H25NO. The van der Waals surface area contributed by atoms with E-state index in [4.69, 9.17) is 0 Å². The van der Waals surface area contributed by atoms with Crippen molar-refractivity contribution in [3.63, 3.8) is 0 Å². The molecule has 0 aromatic heterocycles. The molecule has 15 heavy (non-hydrogen) atoms. The second kappa shape index (κ2) is 5.11. The molecule has 1 aliphatic rings. The molecule has 1 saturated heterocycles. The minimum atomic E-state index is 0.152. The Morgan fingerprint density at radius 1 is 1.27 bits per heavy atom. The van der Waals surface area contributed by atoms with Crippen molar-refractivity contribution >= 4 is 5.78 Å². The van der Waals surface area contributed by atoms with Crippen LogP contribution in [0.2, 0.25) is 0 Å². The van der Waals surface area contributed by atoms with E-state index in [9.17, 15) is 4.79 Å². The van der Waals surface area contributed by atoms with Gasteiger partial charge in [-0.3, -0.25) is 9.69 Å². The molecule has 1 rings (SSSR count). The van der Waals surface area contributed by atoms with Crippen molar-refractivity contribution in [2.24, 2.45) is 5.92 Å². The van der Waals surface area contributed by atoms with Gasteiger partial charge in [-0.05, 0) is 25.8 Å². The van der Waals surface area contributed by atoms with Gasteiger partial charge in [-0.1, -0.05) is 27.7 Å². The van der Waals surface area contributed by atoms with Gasteiger partial charge in [0, 0.05) is 24.4 Å². The van der Waals surface area contributed by atoms with Crippen LogP contribution in [0.25, 0.3) is 0 Å². The van der Waals surface area contributed by atoms with Crippen LogP contribution in [0.5, 0.6) is 0 Å². The third-order valence-corrected chi connectivity index (χ3v) is 4.31. The summed E-state index contributed by atoms with van der Waals surface area (Å²) in [5.41, 5.74) is 0.152. The first-order valence-corrected chi connectivity index (χ1v) is 6.43. The van der Waals surface area contributed by atoms with Crippen LogP contribution in [0.3, 0.4) is 0 Å². The Balaban J connectivity index is 3.01. The lowest BCUT2D eigenvalue weighted by atomic mass is 9.71. The van der Waals surface area contributed by atoms with Gasteiger partial charge < -0.3 is 0 Å². The Kier molecular flexibility index (Phi) is 4.32. The summed E-state index contributed by atoms with van der Waals surface area (Å²) < 4.78 is 0. The average Bonchev–Trinajstić information content (AvgIpc) is 2.28. The van der Waals surface area contributed by atoms with Crippen LogP contribution in [0.1, 0.15) is 53.4 Å². The Morgan fingerprint density at radius 3 is 2.27 bits per heavy atom. The van der Waals surface area contributed by atoms with Gasteiger partial charge in [-0.2, -0.15) is 0 Å². The summed E-state index contributed by atoms with van der Waals surface area (Å²) in [6, 6.07) is 0. The molecule has 2 nitrogen and oxygen atoms in total. The number of Topliss-reactive ketones (excluding diaryl/α,β-unsaturated/α-hetero) is 1. The molecule has 1 atom stereocenters. The number of piperidine rings is 1. The smallest absolute Gasteiger partial charge is 0.139 e. The lowest BCUT2D eigenvalue weighted by Crippen LogP contribution is -2.59. The molecular weight excluding hydrogens is 186 g/mol. The molecule has 0 saturated carbocycles. The van der Waals surface area contributed by atoms with Gasteiger partial charge in [0.05, 0.1) is 0 Å². The Labute approximate surface area is 94.0 Å². The minimum absolute atomic E-state index is 0.152. The fourth-order valence-corrected chi connectivity index (χ4v) is 3.43. The maximum atomic E-state index is 12.0. The molecule has 0 aromatic rings. The summed E-state index contributed by atoms with van der Waals surface area (Å²) in [5.74, 6) is 0.757. The van der Waals surface area contributed by atoms with E-state index in [0.717, 1.165) is 38.8 Å². The first-order valence-electron chi connectivity index (χ1n) is 6.43. The third-order valence-electron chi connectivity index (χ3n) is 4.31. The summed E-state index contributed by atoms with van der Waals surface area (Å²) in [5, 5.41) is 0. The van der Waals surface area contributed by atoms with Gasteiger partial charge in [0.1, 0.15) is 5.78 Å². The zero-order chi connectivity index (χ0) is 11.5. The average molecular weight is 211 g/mol. The fraction of sp³-hybridized carbons (Fsp3) is 0.923. The highest BCUT2D eigenvalue weighted by atomic mass is 16.1. The second-order valence-corrected chi connectivity index (χ2v) is 4.57. The van der Waals surface area contributed by atoms with Gasteiger partial charge in [0.25, 0.3) is 0 Å². The van der Waals surface area contributed by atoms with Crippen molar-refractivity contribution in [3.05, 3.63) is 0 Å². The molecule has 0 aromatic carbocycles. The highest BCUT2D eigenvalue weighted by Crippen LogP contribution is 2.38. The normalized spacial score (nSPS) is 26.9. The molecule has 88 valence electrons. The van der Waals surface area contributed by atoms with Crippen molar-refractivity contribution < 1.29 is 4.79 Å². The van der Waals surface area contributed by atoms with Gasteiger partial charge >= 0.3 is 0 Å². The number of carbonyl (C=O) groups excluding carboxylic acids is 1. The van der Waals surface area contributed by atoms with Crippen molar-refractivity contribution in [3.8, 4) is 0 Å². The summed E-state index contributed by atoms with van der Waals surface area (Å²) in [6.07, 6.45) is 3.95. The summed E-state index contributed by atoms with van der Waals surface area (Å²) in [6.45, 7) is 10.9. The maximum Gasteiger partial charge on any atom is 0.139 e. The predicted octanol–water partition coefficient (Wildman–Crippen LogP) is 2.87. The first kappa shape index (κ1) is 12.7. The van der Waals surface area contributed by atoms with E-state index in [0.29, 0.717) is 5.78 Å². The number of ketones is 1. The largest absolute Gasteiger partial charge is 0.299 e. The maximum absolute atomic E-state index is 12.0. The van der Waals surface area contributed by atoms with E-state index in [1.54, 1.807) is 0 Å². The molecule has 1 aliphatic heterocycles. The molecule has 0 spiro atoms. The number of hydrogen-bond acceptors (Lipinski definition) is 2. The molecule has 2 heteroatoms. The lowest BCUT2D eigenvalue weighted by Gasteiger charge is -2.50. The monoisotopic (exact) mass is 211 g/mol. The minimum Gasteiger partial charge on any atom is -0.299 e. The van der Waals surface area contributed by atoms with Crippen LogP contribution in [0, 0.1) is 5.92 Å². The van der Waals surface area contributed by atoms with Crippen molar-refractivity contribution in [1.29, 1.82) is 0 Å². The SMILES string of the molecule is CCC1C(=O)CCN(CC)C1(CC)CC. The van der Waals surface area contributed by atoms with Crippen LogP contribution in [-0.2, 0) is 4.79 Å². The zero-order valence-corrected chi connectivity index (χ0v) is 10.7. The molecule has 0 radical (unpaired) electrons. The Morgan fingerprint density at radius 2 is 1.87 bits per heavy atom. The van der Waals surface area contributed by atoms with E-state index in [-0.39, 0.29) is 11.5 Å². The number of rotatable bonds is 4.